The van der Waals surface area contributed by atoms with Crippen LogP contribution in [0.4, 0.5) is 15.8 Å². The number of anilines is 1. The molecule has 0 spiro atoms. The Labute approximate surface area is 183 Å². The van der Waals surface area contributed by atoms with E-state index >= 15 is 0 Å². The maximum Gasteiger partial charge on any atom is 0.313 e. The van der Waals surface area contributed by atoms with Crippen molar-refractivity contribution in [3.63, 3.8) is 0 Å². The first-order valence-corrected chi connectivity index (χ1v) is 9.94. The van der Waals surface area contributed by atoms with Gasteiger partial charge in [0.05, 0.1) is 4.92 Å². The molecule has 1 aliphatic rings. The molecule has 0 radical (unpaired) electrons. The molecule has 3 rings (SSSR count). The number of hydrogen-bond donors (Lipinski definition) is 2. The highest BCUT2D eigenvalue weighted by Crippen LogP contribution is 2.16. The molecule has 0 aliphatic carbocycles. The number of nitrogens with zero attached hydrogens (tertiary/aromatic N) is 3. The number of carbonyl (C=O) groups is 3. The van der Waals surface area contributed by atoms with Gasteiger partial charge in [0.1, 0.15) is 5.82 Å². The summed E-state index contributed by atoms with van der Waals surface area (Å²) in [5.41, 5.74) is 0.455. The van der Waals surface area contributed by atoms with Gasteiger partial charge in [-0.3, -0.25) is 29.4 Å². The molecule has 2 aromatic carbocycles. The Morgan fingerprint density at radius 2 is 1.69 bits per heavy atom. The molecule has 0 bridgehead atoms. The van der Waals surface area contributed by atoms with Crippen LogP contribution in [0.15, 0.2) is 48.5 Å². The lowest BCUT2D eigenvalue weighted by molar-refractivity contribution is -0.384. The van der Waals surface area contributed by atoms with Crippen LogP contribution in [0.2, 0.25) is 0 Å². The zero-order chi connectivity index (χ0) is 23.1. The third kappa shape index (κ3) is 6.08. The topological polar surface area (TPSA) is 125 Å². The number of nitro benzene ring substituents is 1. The predicted octanol–water partition coefficient (Wildman–Crippen LogP) is 1.25. The number of carbonyl (C=O) groups excluding carboxylic acids is 3. The van der Waals surface area contributed by atoms with Crippen molar-refractivity contribution in [2.45, 2.75) is 0 Å². The first-order chi connectivity index (χ1) is 15.3. The molecule has 1 aliphatic heterocycles. The van der Waals surface area contributed by atoms with E-state index in [2.05, 4.69) is 10.6 Å². The zero-order valence-corrected chi connectivity index (χ0v) is 17.1. The first-order valence-electron chi connectivity index (χ1n) is 9.94. The van der Waals surface area contributed by atoms with Gasteiger partial charge in [-0.2, -0.15) is 0 Å². The molecule has 32 heavy (non-hydrogen) atoms. The summed E-state index contributed by atoms with van der Waals surface area (Å²) in [4.78, 5) is 50.4. The molecular formula is C21H22FN5O5. The van der Waals surface area contributed by atoms with Crippen LogP contribution in [0.3, 0.4) is 0 Å². The first kappa shape index (κ1) is 22.8. The van der Waals surface area contributed by atoms with Gasteiger partial charge < -0.3 is 15.5 Å². The third-order valence-electron chi connectivity index (χ3n) is 4.99. The molecule has 2 N–H and O–H groups in total. The van der Waals surface area contributed by atoms with E-state index in [1.54, 1.807) is 11.0 Å². The average molecular weight is 443 g/mol. The number of nitro groups is 1. The normalized spacial score (nSPS) is 14.0. The highest BCUT2D eigenvalue weighted by molar-refractivity contribution is 6.39. The number of rotatable bonds is 6. The Balaban J connectivity index is 1.39. The fourth-order valence-electron chi connectivity index (χ4n) is 3.24. The fraction of sp³-hybridized carbons (Fsp3) is 0.286. The van der Waals surface area contributed by atoms with Crippen molar-refractivity contribution in [1.29, 1.82) is 0 Å². The molecular weight excluding hydrogens is 421 g/mol. The number of benzene rings is 2. The molecule has 10 nitrogen and oxygen atoms in total. The average Bonchev–Trinajstić information content (AvgIpc) is 2.80. The number of amides is 3. The molecule has 0 aromatic heterocycles. The van der Waals surface area contributed by atoms with Crippen molar-refractivity contribution in [3.8, 4) is 0 Å². The number of piperazine rings is 1. The minimum Gasteiger partial charge on any atom is -0.347 e. The Bertz CT molecular complexity index is 1010. The number of halogens is 1. The summed E-state index contributed by atoms with van der Waals surface area (Å²) in [6, 6.07) is 10.7. The summed E-state index contributed by atoms with van der Waals surface area (Å²) in [6.45, 7) is 2.76. The van der Waals surface area contributed by atoms with Crippen LogP contribution in [0.5, 0.6) is 0 Å². The lowest BCUT2D eigenvalue weighted by Crippen LogP contribution is -2.50. The smallest absolute Gasteiger partial charge is 0.313 e. The molecule has 0 unspecified atom stereocenters. The zero-order valence-electron chi connectivity index (χ0n) is 17.1. The molecule has 1 saturated heterocycles. The predicted molar refractivity (Wildman–Crippen MR) is 113 cm³/mol. The minimum atomic E-state index is -0.844. The van der Waals surface area contributed by atoms with Crippen molar-refractivity contribution in [3.05, 3.63) is 70.0 Å². The fourth-order valence-corrected chi connectivity index (χ4v) is 3.24. The van der Waals surface area contributed by atoms with Gasteiger partial charge in [0.25, 0.3) is 11.6 Å². The lowest BCUT2D eigenvalue weighted by atomic mass is 10.1. The maximum atomic E-state index is 12.9. The van der Waals surface area contributed by atoms with Gasteiger partial charge in [-0.15, -0.1) is 0 Å². The van der Waals surface area contributed by atoms with Gasteiger partial charge >= 0.3 is 11.8 Å². The summed E-state index contributed by atoms with van der Waals surface area (Å²) < 4.78 is 12.9. The summed E-state index contributed by atoms with van der Waals surface area (Å²) in [7, 11) is 0. The van der Waals surface area contributed by atoms with Crippen molar-refractivity contribution in [2.24, 2.45) is 0 Å². The van der Waals surface area contributed by atoms with E-state index in [1.165, 1.54) is 42.5 Å². The van der Waals surface area contributed by atoms with Crippen LogP contribution in [-0.4, -0.2) is 71.7 Å². The lowest BCUT2D eigenvalue weighted by Gasteiger charge is -2.34. The standard InChI is InChI=1S/C21H22FN5O5/c22-16-4-6-17(7-5-16)24-20(29)19(28)23-8-9-25-10-12-26(13-11-25)21(30)15-2-1-3-18(14-15)27(31)32/h1-7,14H,8-13H2,(H,23,28)(H,24,29). The van der Waals surface area contributed by atoms with Crippen molar-refractivity contribution in [2.75, 3.05) is 44.6 Å². The molecule has 3 amide bonds. The largest absolute Gasteiger partial charge is 0.347 e. The quantitative estimate of drug-likeness (QED) is 0.393. The Hall–Kier alpha value is -3.86. The number of nitrogens with one attached hydrogen (secondary N) is 2. The van der Waals surface area contributed by atoms with E-state index in [0.29, 0.717) is 38.4 Å². The highest BCUT2D eigenvalue weighted by atomic mass is 19.1. The Kier molecular flexibility index (Phi) is 7.45. The van der Waals surface area contributed by atoms with Crippen LogP contribution in [0.25, 0.3) is 0 Å². The highest BCUT2D eigenvalue weighted by Gasteiger charge is 2.23. The number of hydrogen-bond acceptors (Lipinski definition) is 6. The van der Waals surface area contributed by atoms with Gasteiger partial charge in [0.2, 0.25) is 0 Å². The van der Waals surface area contributed by atoms with Gasteiger partial charge in [0, 0.05) is 62.7 Å². The van der Waals surface area contributed by atoms with E-state index < -0.39 is 22.6 Å². The van der Waals surface area contributed by atoms with Crippen LogP contribution in [0, 0.1) is 15.9 Å². The van der Waals surface area contributed by atoms with Crippen LogP contribution in [-0.2, 0) is 9.59 Å². The second kappa shape index (κ2) is 10.4. The second-order valence-corrected chi connectivity index (χ2v) is 7.16. The molecule has 11 heteroatoms. The van der Waals surface area contributed by atoms with E-state index in [1.807, 2.05) is 4.90 Å². The number of non-ortho nitro benzene ring substituents is 1. The second-order valence-electron chi connectivity index (χ2n) is 7.16. The SMILES string of the molecule is O=C(NCCN1CCN(C(=O)c2cccc([N+](=O)[O-])c2)CC1)C(=O)Nc1ccc(F)cc1. The molecule has 168 valence electrons. The van der Waals surface area contributed by atoms with Crippen LogP contribution >= 0.6 is 0 Å². The van der Waals surface area contributed by atoms with Gasteiger partial charge in [-0.05, 0) is 30.3 Å². The summed E-state index contributed by atoms with van der Waals surface area (Å²) in [6.07, 6.45) is 0. The maximum absolute atomic E-state index is 12.9. The summed E-state index contributed by atoms with van der Waals surface area (Å²) in [5, 5.41) is 15.8. The molecule has 1 fully saturated rings. The van der Waals surface area contributed by atoms with E-state index in [9.17, 15) is 28.9 Å². The Morgan fingerprint density at radius 1 is 1.00 bits per heavy atom. The summed E-state index contributed by atoms with van der Waals surface area (Å²) in [5.74, 6) is -2.35. The summed E-state index contributed by atoms with van der Waals surface area (Å²) >= 11 is 0. The van der Waals surface area contributed by atoms with Crippen molar-refractivity contribution < 1.29 is 23.7 Å². The van der Waals surface area contributed by atoms with E-state index in [-0.39, 0.29) is 23.7 Å². The third-order valence-corrected chi connectivity index (χ3v) is 4.99. The monoisotopic (exact) mass is 443 g/mol. The molecule has 0 saturated carbocycles. The molecule has 2 aromatic rings. The van der Waals surface area contributed by atoms with Crippen molar-refractivity contribution in [1.82, 2.24) is 15.1 Å². The van der Waals surface area contributed by atoms with Crippen LogP contribution < -0.4 is 10.6 Å². The van der Waals surface area contributed by atoms with Gasteiger partial charge in [0.15, 0.2) is 0 Å². The Morgan fingerprint density at radius 3 is 2.34 bits per heavy atom. The van der Waals surface area contributed by atoms with Crippen LogP contribution in [0.1, 0.15) is 10.4 Å². The van der Waals surface area contributed by atoms with E-state index in [0.717, 1.165) is 0 Å². The minimum absolute atomic E-state index is 0.131. The van der Waals surface area contributed by atoms with Crippen molar-refractivity contribution >= 4 is 29.1 Å². The van der Waals surface area contributed by atoms with Gasteiger partial charge in [-0.25, -0.2) is 4.39 Å². The molecule has 0 atom stereocenters. The molecule has 1 heterocycles. The van der Waals surface area contributed by atoms with Gasteiger partial charge in [-0.1, -0.05) is 6.07 Å². The van der Waals surface area contributed by atoms with E-state index in [4.69, 9.17) is 0 Å².